The van der Waals surface area contributed by atoms with Crippen molar-refractivity contribution in [3.63, 3.8) is 0 Å². The SMILES string of the molecule is Cc1ccc(Cl)cc1NC(=O)c1cc(NCCCN(C)C)ccn1. The summed E-state index contributed by atoms with van der Waals surface area (Å²) in [5.74, 6) is -0.252. The van der Waals surface area contributed by atoms with Gasteiger partial charge in [0.1, 0.15) is 5.69 Å². The summed E-state index contributed by atoms with van der Waals surface area (Å²) in [7, 11) is 4.10. The van der Waals surface area contributed by atoms with Gasteiger partial charge >= 0.3 is 0 Å². The quantitative estimate of drug-likeness (QED) is 0.751. The van der Waals surface area contributed by atoms with Gasteiger partial charge in [-0.2, -0.15) is 0 Å². The van der Waals surface area contributed by atoms with Crippen molar-refractivity contribution in [2.75, 3.05) is 37.8 Å². The fraction of sp³-hybridized carbons (Fsp3) is 0.333. The largest absolute Gasteiger partial charge is 0.385 e. The average molecular weight is 347 g/mol. The summed E-state index contributed by atoms with van der Waals surface area (Å²) in [6.07, 6.45) is 2.66. The number of pyridine rings is 1. The van der Waals surface area contributed by atoms with Crippen LogP contribution in [0.1, 0.15) is 22.5 Å². The van der Waals surface area contributed by atoms with E-state index in [-0.39, 0.29) is 5.91 Å². The molecule has 5 nitrogen and oxygen atoms in total. The summed E-state index contributed by atoms with van der Waals surface area (Å²) in [5.41, 5.74) is 2.90. The molecule has 0 atom stereocenters. The molecule has 0 radical (unpaired) electrons. The second-order valence-corrected chi connectivity index (χ2v) is 6.36. The molecule has 2 N–H and O–H groups in total. The Labute approximate surface area is 148 Å². The number of aromatic nitrogens is 1. The van der Waals surface area contributed by atoms with E-state index >= 15 is 0 Å². The second kappa shape index (κ2) is 8.66. The lowest BCUT2D eigenvalue weighted by atomic mass is 10.2. The van der Waals surface area contributed by atoms with E-state index in [2.05, 4.69) is 20.5 Å². The number of halogens is 1. The lowest BCUT2D eigenvalue weighted by Crippen LogP contribution is -2.17. The topological polar surface area (TPSA) is 57.3 Å². The number of carbonyl (C=O) groups is 1. The van der Waals surface area contributed by atoms with Crippen LogP contribution in [0.15, 0.2) is 36.5 Å². The Morgan fingerprint density at radius 2 is 2.04 bits per heavy atom. The molecule has 1 heterocycles. The van der Waals surface area contributed by atoms with E-state index in [1.807, 2.05) is 33.2 Å². The first-order valence-electron chi connectivity index (χ1n) is 7.88. The maximum atomic E-state index is 12.4. The van der Waals surface area contributed by atoms with Crippen LogP contribution in [0.2, 0.25) is 5.02 Å². The first-order valence-corrected chi connectivity index (χ1v) is 8.25. The number of anilines is 2. The van der Waals surface area contributed by atoms with Crippen molar-refractivity contribution in [2.24, 2.45) is 0 Å². The molecular formula is C18H23ClN4O. The zero-order valence-corrected chi connectivity index (χ0v) is 15.0. The Morgan fingerprint density at radius 3 is 2.79 bits per heavy atom. The van der Waals surface area contributed by atoms with Crippen molar-refractivity contribution in [3.05, 3.63) is 52.8 Å². The third-order valence-corrected chi connectivity index (χ3v) is 3.79. The van der Waals surface area contributed by atoms with Crippen molar-refractivity contribution >= 4 is 28.9 Å². The van der Waals surface area contributed by atoms with Crippen molar-refractivity contribution < 1.29 is 4.79 Å². The van der Waals surface area contributed by atoms with Gasteiger partial charge in [0.05, 0.1) is 0 Å². The zero-order chi connectivity index (χ0) is 17.5. The number of amides is 1. The van der Waals surface area contributed by atoms with Crippen LogP contribution < -0.4 is 10.6 Å². The summed E-state index contributed by atoms with van der Waals surface area (Å²) < 4.78 is 0. The Morgan fingerprint density at radius 1 is 1.25 bits per heavy atom. The number of nitrogens with zero attached hydrogens (tertiary/aromatic N) is 2. The number of hydrogen-bond donors (Lipinski definition) is 2. The molecule has 6 heteroatoms. The highest BCUT2D eigenvalue weighted by Crippen LogP contribution is 2.21. The van der Waals surface area contributed by atoms with Crippen LogP contribution in [-0.2, 0) is 0 Å². The van der Waals surface area contributed by atoms with Crippen molar-refractivity contribution in [2.45, 2.75) is 13.3 Å². The van der Waals surface area contributed by atoms with Gasteiger partial charge in [0.15, 0.2) is 0 Å². The lowest BCUT2D eigenvalue weighted by Gasteiger charge is -2.12. The van der Waals surface area contributed by atoms with Gasteiger partial charge in [-0.3, -0.25) is 9.78 Å². The van der Waals surface area contributed by atoms with Crippen LogP contribution in [0.3, 0.4) is 0 Å². The molecule has 1 aromatic heterocycles. The molecule has 0 aliphatic heterocycles. The minimum absolute atomic E-state index is 0.252. The van der Waals surface area contributed by atoms with Crippen LogP contribution in [0, 0.1) is 6.92 Å². The van der Waals surface area contributed by atoms with Gasteiger partial charge in [0.25, 0.3) is 5.91 Å². The summed E-state index contributed by atoms with van der Waals surface area (Å²) >= 11 is 5.98. The fourth-order valence-corrected chi connectivity index (χ4v) is 2.38. The molecule has 0 saturated heterocycles. The van der Waals surface area contributed by atoms with E-state index < -0.39 is 0 Å². The van der Waals surface area contributed by atoms with Crippen LogP contribution in [0.5, 0.6) is 0 Å². The fourth-order valence-electron chi connectivity index (χ4n) is 2.21. The molecule has 0 spiro atoms. The monoisotopic (exact) mass is 346 g/mol. The van der Waals surface area contributed by atoms with Gasteiger partial charge in [0.2, 0.25) is 0 Å². The zero-order valence-electron chi connectivity index (χ0n) is 14.3. The van der Waals surface area contributed by atoms with Crippen LogP contribution in [-0.4, -0.2) is 43.0 Å². The third-order valence-electron chi connectivity index (χ3n) is 3.55. The van der Waals surface area contributed by atoms with E-state index in [0.29, 0.717) is 16.4 Å². The molecular weight excluding hydrogens is 324 g/mol. The Balaban J connectivity index is 1.99. The van der Waals surface area contributed by atoms with Crippen LogP contribution in [0.4, 0.5) is 11.4 Å². The van der Waals surface area contributed by atoms with Gasteiger partial charge in [0, 0.05) is 29.1 Å². The minimum atomic E-state index is -0.252. The molecule has 1 aromatic carbocycles. The molecule has 128 valence electrons. The van der Waals surface area contributed by atoms with Gasteiger partial charge in [-0.05, 0) is 63.8 Å². The number of nitrogens with one attached hydrogen (secondary N) is 2. The third kappa shape index (κ3) is 5.51. The van der Waals surface area contributed by atoms with Crippen molar-refractivity contribution in [1.29, 1.82) is 0 Å². The Hall–Kier alpha value is -2.11. The van der Waals surface area contributed by atoms with E-state index in [0.717, 1.165) is 30.8 Å². The molecule has 2 aromatic rings. The number of carbonyl (C=O) groups excluding carboxylic acids is 1. The summed E-state index contributed by atoms with van der Waals surface area (Å²) in [4.78, 5) is 18.7. The van der Waals surface area contributed by atoms with Crippen LogP contribution >= 0.6 is 11.6 Å². The molecule has 0 unspecified atom stereocenters. The highest BCUT2D eigenvalue weighted by molar-refractivity contribution is 6.31. The van der Waals surface area contributed by atoms with E-state index in [1.165, 1.54) is 0 Å². The predicted molar refractivity (Wildman–Crippen MR) is 100 cm³/mol. The Kier molecular flexibility index (Phi) is 6.58. The van der Waals surface area contributed by atoms with Crippen molar-refractivity contribution in [1.82, 2.24) is 9.88 Å². The molecule has 0 bridgehead atoms. The average Bonchev–Trinajstić information content (AvgIpc) is 2.55. The lowest BCUT2D eigenvalue weighted by molar-refractivity contribution is 0.102. The number of rotatable bonds is 7. The van der Waals surface area contributed by atoms with Crippen molar-refractivity contribution in [3.8, 4) is 0 Å². The first-order chi connectivity index (χ1) is 11.5. The molecule has 24 heavy (non-hydrogen) atoms. The second-order valence-electron chi connectivity index (χ2n) is 5.93. The number of aryl methyl sites for hydroxylation is 1. The highest BCUT2D eigenvalue weighted by Gasteiger charge is 2.10. The summed E-state index contributed by atoms with van der Waals surface area (Å²) in [6.45, 7) is 3.78. The Bertz CT molecular complexity index is 703. The van der Waals surface area contributed by atoms with Gasteiger partial charge in [-0.1, -0.05) is 17.7 Å². The molecule has 0 saturated carbocycles. The smallest absolute Gasteiger partial charge is 0.274 e. The van der Waals surface area contributed by atoms with Crippen LogP contribution in [0.25, 0.3) is 0 Å². The molecule has 0 fully saturated rings. The van der Waals surface area contributed by atoms with Gasteiger partial charge in [-0.25, -0.2) is 0 Å². The van der Waals surface area contributed by atoms with E-state index in [1.54, 1.807) is 24.4 Å². The molecule has 1 amide bonds. The number of hydrogen-bond acceptors (Lipinski definition) is 4. The minimum Gasteiger partial charge on any atom is -0.385 e. The molecule has 2 rings (SSSR count). The number of benzene rings is 1. The predicted octanol–water partition coefficient (Wildman–Crippen LogP) is 3.66. The highest BCUT2D eigenvalue weighted by atomic mass is 35.5. The molecule has 0 aliphatic carbocycles. The molecule has 0 aliphatic rings. The first kappa shape index (κ1) is 18.2. The normalized spacial score (nSPS) is 10.7. The standard InChI is InChI=1S/C18H23ClN4O/c1-13-5-6-14(19)11-16(13)22-18(24)17-12-15(7-9-21-17)20-8-4-10-23(2)3/h5-7,9,11-12H,4,8,10H2,1-3H3,(H,20,21)(H,22,24). The summed E-state index contributed by atoms with van der Waals surface area (Å²) in [6, 6.07) is 9.01. The maximum Gasteiger partial charge on any atom is 0.274 e. The van der Waals surface area contributed by atoms with Gasteiger partial charge < -0.3 is 15.5 Å². The van der Waals surface area contributed by atoms with Gasteiger partial charge in [-0.15, -0.1) is 0 Å². The van der Waals surface area contributed by atoms with E-state index in [4.69, 9.17) is 11.6 Å². The summed E-state index contributed by atoms with van der Waals surface area (Å²) in [5, 5.41) is 6.75. The maximum absolute atomic E-state index is 12.4. The van der Waals surface area contributed by atoms with E-state index in [9.17, 15) is 4.79 Å².